The van der Waals surface area contributed by atoms with E-state index in [1.807, 2.05) is 60.7 Å². The maximum absolute atomic E-state index is 11.3. The molecule has 1 unspecified atom stereocenters. The third-order valence-corrected chi connectivity index (χ3v) is 4.24. The number of rotatable bonds is 7. The zero-order chi connectivity index (χ0) is 19.9. The van der Waals surface area contributed by atoms with Crippen molar-refractivity contribution < 1.29 is 4.79 Å². The monoisotopic (exact) mass is 375 g/mol. The van der Waals surface area contributed by atoms with E-state index in [1.165, 1.54) is 6.92 Å². The number of hydrogen-bond acceptors (Lipinski definition) is 5. The quantitative estimate of drug-likeness (QED) is 0.538. The Balaban J connectivity index is 1.93. The lowest BCUT2D eigenvalue weighted by Gasteiger charge is -2.15. The molecule has 0 aliphatic carbocycles. The van der Waals surface area contributed by atoms with Crippen LogP contribution in [0.5, 0.6) is 0 Å². The molecule has 0 bridgehead atoms. The van der Waals surface area contributed by atoms with E-state index in [-0.39, 0.29) is 11.9 Å². The van der Waals surface area contributed by atoms with Gasteiger partial charge < -0.3 is 16.0 Å². The molecule has 3 N–H and O–H groups in total. The zero-order valence-electron chi connectivity index (χ0n) is 16.4. The molecule has 2 aromatic carbocycles. The molecule has 0 aliphatic heterocycles. The molecule has 1 heterocycles. The van der Waals surface area contributed by atoms with E-state index in [9.17, 15) is 4.79 Å². The Morgan fingerprint density at radius 1 is 1.00 bits per heavy atom. The van der Waals surface area contributed by atoms with E-state index >= 15 is 0 Å². The number of nitrogens with one attached hydrogen (secondary N) is 3. The van der Waals surface area contributed by atoms with E-state index in [4.69, 9.17) is 0 Å². The number of amides is 1. The second-order valence-corrected chi connectivity index (χ2v) is 6.67. The normalized spacial score (nSPS) is 11.5. The van der Waals surface area contributed by atoms with Gasteiger partial charge in [0.1, 0.15) is 5.82 Å². The summed E-state index contributed by atoms with van der Waals surface area (Å²) in [6, 6.07) is 19.7. The van der Waals surface area contributed by atoms with Crippen molar-refractivity contribution in [1.82, 2.24) is 9.97 Å². The van der Waals surface area contributed by atoms with Crippen LogP contribution in [0.1, 0.15) is 27.2 Å². The molecule has 1 amide bonds. The minimum Gasteiger partial charge on any atom is -0.352 e. The first-order valence-electron chi connectivity index (χ1n) is 9.39. The maximum atomic E-state index is 11.3. The number of benzene rings is 2. The lowest BCUT2D eigenvalue weighted by Crippen LogP contribution is -2.16. The Morgan fingerprint density at radius 2 is 1.75 bits per heavy atom. The van der Waals surface area contributed by atoms with Crippen molar-refractivity contribution >= 4 is 29.0 Å². The lowest BCUT2D eigenvalue weighted by molar-refractivity contribution is -0.114. The highest BCUT2D eigenvalue weighted by Crippen LogP contribution is 2.25. The molecule has 6 heteroatoms. The van der Waals surface area contributed by atoms with Crippen molar-refractivity contribution in [3.05, 3.63) is 60.7 Å². The fourth-order valence-corrected chi connectivity index (χ4v) is 2.68. The molecular formula is C22H25N5O. The van der Waals surface area contributed by atoms with E-state index < -0.39 is 0 Å². The molecule has 28 heavy (non-hydrogen) atoms. The summed E-state index contributed by atoms with van der Waals surface area (Å²) in [6.07, 6.45) is 0.973. The second-order valence-electron chi connectivity index (χ2n) is 6.67. The number of carbonyl (C=O) groups is 1. The van der Waals surface area contributed by atoms with Crippen LogP contribution in [0, 0.1) is 0 Å². The van der Waals surface area contributed by atoms with Crippen molar-refractivity contribution in [1.29, 1.82) is 0 Å². The van der Waals surface area contributed by atoms with Gasteiger partial charge in [-0.2, -0.15) is 4.98 Å². The van der Waals surface area contributed by atoms with Crippen molar-refractivity contribution in [2.24, 2.45) is 0 Å². The highest BCUT2D eigenvalue weighted by Gasteiger charge is 2.09. The molecule has 6 nitrogen and oxygen atoms in total. The van der Waals surface area contributed by atoms with Gasteiger partial charge in [-0.05, 0) is 31.5 Å². The van der Waals surface area contributed by atoms with Gasteiger partial charge in [0.25, 0.3) is 0 Å². The van der Waals surface area contributed by atoms with Crippen molar-refractivity contribution in [3.8, 4) is 11.3 Å². The SMILES string of the molecule is CCC(C)Nc1nc(Nc2cccc(NC(C)=O)c2)cc(-c2ccccc2)n1. The minimum absolute atomic E-state index is 0.106. The van der Waals surface area contributed by atoms with E-state index in [0.717, 1.165) is 29.1 Å². The van der Waals surface area contributed by atoms with Crippen LogP contribution >= 0.6 is 0 Å². The van der Waals surface area contributed by atoms with Crippen LogP contribution < -0.4 is 16.0 Å². The van der Waals surface area contributed by atoms with Gasteiger partial charge in [-0.15, -0.1) is 0 Å². The van der Waals surface area contributed by atoms with Crippen molar-refractivity contribution in [2.45, 2.75) is 33.2 Å². The van der Waals surface area contributed by atoms with Crippen LogP contribution in [-0.2, 0) is 4.79 Å². The first-order chi connectivity index (χ1) is 13.5. The molecule has 0 radical (unpaired) electrons. The Labute approximate surface area is 165 Å². The van der Waals surface area contributed by atoms with Gasteiger partial charge in [-0.25, -0.2) is 4.98 Å². The average molecular weight is 375 g/mol. The van der Waals surface area contributed by atoms with E-state index in [1.54, 1.807) is 0 Å². The zero-order valence-corrected chi connectivity index (χ0v) is 16.4. The standard InChI is InChI=1S/C22H25N5O/c1-4-15(2)23-22-26-20(17-9-6-5-7-10-17)14-21(27-22)25-19-12-8-11-18(13-19)24-16(3)28/h5-15H,4H2,1-3H3,(H,24,28)(H2,23,25,26,27). The topological polar surface area (TPSA) is 78.9 Å². The lowest BCUT2D eigenvalue weighted by atomic mass is 10.1. The molecule has 0 aliphatic rings. The Kier molecular flexibility index (Phi) is 6.22. The summed E-state index contributed by atoms with van der Waals surface area (Å²) in [4.78, 5) is 20.6. The Morgan fingerprint density at radius 3 is 2.46 bits per heavy atom. The molecule has 0 saturated heterocycles. The predicted molar refractivity (Wildman–Crippen MR) is 115 cm³/mol. The van der Waals surface area contributed by atoms with Gasteiger partial charge in [0.2, 0.25) is 11.9 Å². The van der Waals surface area contributed by atoms with Crippen LogP contribution in [-0.4, -0.2) is 21.9 Å². The number of hydrogen-bond donors (Lipinski definition) is 3. The highest BCUT2D eigenvalue weighted by molar-refractivity contribution is 5.89. The number of nitrogens with zero attached hydrogens (tertiary/aromatic N) is 2. The van der Waals surface area contributed by atoms with Crippen molar-refractivity contribution in [2.75, 3.05) is 16.0 Å². The maximum Gasteiger partial charge on any atom is 0.225 e. The van der Waals surface area contributed by atoms with Crippen LogP contribution in [0.15, 0.2) is 60.7 Å². The fraction of sp³-hybridized carbons (Fsp3) is 0.227. The smallest absolute Gasteiger partial charge is 0.225 e. The molecular weight excluding hydrogens is 350 g/mol. The summed E-state index contributed by atoms with van der Waals surface area (Å²) in [5.74, 6) is 1.15. The van der Waals surface area contributed by atoms with E-state index in [2.05, 4.69) is 39.8 Å². The molecule has 3 rings (SSSR count). The Hall–Kier alpha value is -3.41. The fourth-order valence-electron chi connectivity index (χ4n) is 2.68. The van der Waals surface area contributed by atoms with E-state index in [0.29, 0.717) is 11.8 Å². The van der Waals surface area contributed by atoms with Gasteiger partial charge >= 0.3 is 0 Å². The third kappa shape index (κ3) is 5.30. The summed E-state index contributed by atoms with van der Waals surface area (Å²) in [5, 5.41) is 9.45. The largest absolute Gasteiger partial charge is 0.352 e. The minimum atomic E-state index is -0.106. The molecule has 3 aromatic rings. The summed E-state index contributed by atoms with van der Waals surface area (Å²) < 4.78 is 0. The first kappa shape index (κ1) is 19.4. The second kappa shape index (κ2) is 8.99. The van der Waals surface area contributed by atoms with Crippen LogP contribution in [0.4, 0.5) is 23.1 Å². The number of carbonyl (C=O) groups excluding carboxylic acids is 1. The summed E-state index contributed by atoms with van der Waals surface area (Å²) in [6.45, 7) is 5.71. The molecule has 0 fully saturated rings. The third-order valence-electron chi connectivity index (χ3n) is 4.24. The summed E-state index contributed by atoms with van der Waals surface area (Å²) in [5.41, 5.74) is 3.42. The highest BCUT2D eigenvalue weighted by atomic mass is 16.1. The molecule has 1 aromatic heterocycles. The van der Waals surface area contributed by atoms with Crippen LogP contribution in [0.25, 0.3) is 11.3 Å². The molecule has 144 valence electrons. The van der Waals surface area contributed by atoms with Gasteiger partial charge in [-0.1, -0.05) is 43.3 Å². The summed E-state index contributed by atoms with van der Waals surface area (Å²) in [7, 11) is 0. The van der Waals surface area contributed by atoms with Gasteiger partial charge in [0, 0.05) is 36.0 Å². The van der Waals surface area contributed by atoms with Crippen molar-refractivity contribution in [3.63, 3.8) is 0 Å². The molecule has 0 saturated carbocycles. The van der Waals surface area contributed by atoms with Gasteiger partial charge in [0.05, 0.1) is 5.69 Å². The average Bonchev–Trinajstić information content (AvgIpc) is 2.68. The van der Waals surface area contributed by atoms with Gasteiger partial charge in [-0.3, -0.25) is 4.79 Å². The first-order valence-corrected chi connectivity index (χ1v) is 9.39. The summed E-state index contributed by atoms with van der Waals surface area (Å²) >= 11 is 0. The van der Waals surface area contributed by atoms with Gasteiger partial charge in [0.15, 0.2) is 0 Å². The Bertz CT molecular complexity index is 943. The van der Waals surface area contributed by atoms with Crippen LogP contribution in [0.3, 0.4) is 0 Å². The predicted octanol–water partition coefficient (Wildman–Crippen LogP) is 5.06. The molecule has 0 spiro atoms. The van der Waals surface area contributed by atoms with Crippen LogP contribution in [0.2, 0.25) is 0 Å². The molecule has 1 atom stereocenters. The number of anilines is 4. The number of aromatic nitrogens is 2.